The van der Waals surface area contributed by atoms with Gasteiger partial charge in [-0.05, 0) is 53.9 Å². The second-order valence-corrected chi connectivity index (χ2v) is 9.55. The number of carbonyl (C=O) groups is 3. The van der Waals surface area contributed by atoms with Gasteiger partial charge in [0.1, 0.15) is 6.61 Å². The molecule has 1 saturated carbocycles. The van der Waals surface area contributed by atoms with Crippen LogP contribution in [0.15, 0.2) is 48.5 Å². The Bertz CT molecular complexity index is 1020. The molecule has 0 radical (unpaired) electrons. The fourth-order valence-corrected chi connectivity index (χ4v) is 5.47. The average Bonchev–Trinajstić information content (AvgIpc) is 3.46. The molecule has 0 saturated heterocycles. The summed E-state index contributed by atoms with van der Waals surface area (Å²) in [6.07, 6.45) is 3.26. The lowest BCUT2D eigenvalue weighted by Crippen LogP contribution is -2.42. The standard InChI is InChI=1S/C28H34N2O5/c1-2-19(14-15-26(31)32)30-27(33)20-13-7-8-18(20)16-29-28(34)35-17-25-23-11-5-3-9-21(23)22-10-4-6-12-24(22)25/h3-6,9-12,18-20,25H,2,7-8,13-17H2,1H3,(H,29,34)(H,30,33)(H,31,32)/t18-,19?,20-/m0/s1. The van der Waals surface area contributed by atoms with Crippen molar-refractivity contribution in [3.8, 4) is 11.1 Å². The van der Waals surface area contributed by atoms with Crippen molar-refractivity contribution in [1.29, 1.82) is 0 Å². The molecule has 0 aromatic heterocycles. The van der Waals surface area contributed by atoms with Crippen molar-refractivity contribution in [2.24, 2.45) is 11.8 Å². The Morgan fingerprint density at radius 2 is 1.69 bits per heavy atom. The van der Waals surface area contributed by atoms with Crippen LogP contribution >= 0.6 is 0 Å². The number of carboxylic acids is 1. The molecule has 2 aliphatic rings. The topological polar surface area (TPSA) is 105 Å². The molecule has 35 heavy (non-hydrogen) atoms. The smallest absolute Gasteiger partial charge is 0.407 e. The number of alkyl carbamates (subject to hydrolysis) is 1. The number of fused-ring (bicyclic) bond motifs is 3. The molecule has 7 nitrogen and oxygen atoms in total. The maximum absolute atomic E-state index is 12.8. The van der Waals surface area contributed by atoms with E-state index in [0.717, 1.165) is 19.3 Å². The minimum absolute atomic E-state index is 0.00920. The number of hydrogen-bond donors (Lipinski definition) is 3. The quantitative estimate of drug-likeness (QED) is 0.459. The normalized spacial score (nSPS) is 19.5. The van der Waals surface area contributed by atoms with E-state index < -0.39 is 12.1 Å². The Balaban J connectivity index is 1.28. The van der Waals surface area contributed by atoms with Crippen molar-refractivity contribution in [3.05, 3.63) is 59.7 Å². The fourth-order valence-electron chi connectivity index (χ4n) is 5.47. The number of amides is 2. The summed E-state index contributed by atoms with van der Waals surface area (Å²) in [6.45, 7) is 2.59. The molecule has 0 aliphatic heterocycles. The SMILES string of the molecule is CCC(CCC(=O)O)NC(=O)[C@H]1CCC[C@H]1CNC(=O)OCC1c2ccccc2-c2ccccc21. The van der Waals surface area contributed by atoms with Crippen LogP contribution in [0.1, 0.15) is 62.5 Å². The van der Waals surface area contributed by atoms with E-state index in [4.69, 9.17) is 9.84 Å². The first-order valence-electron chi connectivity index (χ1n) is 12.6. The number of rotatable bonds is 10. The summed E-state index contributed by atoms with van der Waals surface area (Å²) >= 11 is 0. The van der Waals surface area contributed by atoms with Gasteiger partial charge >= 0.3 is 12.1 Å². The maximum Gasteiger partial charge on any atom is 0.407 e. The third kappa shape index (κ3) is 5.84. The van der Waals surface area contributed by atoms with Gasteiger partial charge in [-0.3, -0.25) is 9.59 Å². The molecule has 2 aromatic carbocycles. The summed E-state index contributed by atoms with van der Waals surface area (Å²) in [5.41, 5.74) is 4.71. The van der Waals surface area contributed by atoms with E-state index in [0.29, 0.717) is 19.4 Å². The molecule has 2 amide bonds. The molecule has 2 aromatic rings. The Morgan fingerprint density at radius 1 is 1.03 bits per heavy atom. The zero-order valence-corrected chi connectivity index (χ0v) is 20.2. The van der Waals surface area contributed by atoms with Gasteiger partial charge in [0.15, 0.2) is 0 Å². The number of benzene rings is 2. The Labute approximate surface area is 206 Å². The van der Waals surface area contributed by atoms with Crippen LogP contribution in [-0.4, -0.2) is 42.3 Å². The lowest BCUT2D eigenvalue weighted by atomic mass is 9.94. The number of aliphatic carboxylic acids is 1. The van der Waals surface area contributed by atoms with Crippen molar-refractivity contribution in [1.82, 2.24) is 10.6 Å². The van der Waals surface area contributed by atoms with Crippen LogP contribution in [0.3, 0.4) is 0 Å². The molecular weight excluding hydrogens is 444 g/mol. The summed E-state index contributed by atoms with van der Waals surface area (Å²) in [5.74, 6) is -1.02. The van der Waals surface area contributed by atoms with Gasteiger partial charge in [-0.25, -0.2) is 4.79 Å². The highest BCUT2D eigenvalue weighted by Crippen LogP contribution is 2.44. The summed E-state index contributed by atoms with van der Waals surface area (Å²) in [7, 11) is 0. The van der Waals surface area contributed by atoms with Gasteiger partial charge in [-0.15, -0.1) is 0 Å². The van der Waals surface area contributed by atoms with Gasteiger partial charge in [0, 0.05) is 30.8 Å². The minimum atomic E-state index is -0.858. The van der Waals surface area contributed by atoms with Crippen molar-refractivity contribution in [2.45, 2.75) is 57.4 Å². The van der Waals surface area contributed by atoms with E-state index >= 15 is 0 Å². The van der Waals surface area contributed by atoms with E-state index in [-0.39, 0.29) is 42.7 Å². The van der Waals surface area contributed by atoms with E-state index in [9.17, 15) is 14.4 Å². The molecule has 0 spiro atoms. The van der Waals surface area contributed by atoms with Crippen molar-refractivity contribution < 1.29 is 24.2 Å². The Morgan fingerprint density at radius 3 is 2.31 bits per heavy atom. The zero-order chi connectivity index (χ0) is 24.8. The first kappa shape index (κ1) is 24.8. The van der Waals surface area contributed by atoms with Gasteiger partial charge in [0.25, 0.3) is 0 Å². The highest BCUT2D eigenvalue weighted by Gasteiger charge is 2.34. The molecule has 4 rings (SSSR count). The third-order valence-corrected chi connectivity index (χ3v) is 7.39. The molecule has 1 fully saturated rings. The van der Waals surface area contributed by atoms with E-state index in [1.54, 1.807) is 0 Å². The first-order valence-corrected chi connectivity index (χ1v) is 12.6. The van der Waals surface area contributed by atoms with Crippen LogP contribution in [0, 0.1) is 11.8 Å². The highest BCUT2D eigenvalue weighted by molar-refractivity contribution is 5.80. The monoisotopic (exact) mass is 478 g/mol. The second kappa shape index (κ2) is 11.4. The third-order valence-electron chi connectivity index (χ3n) is 7.39. The van der Waals surface area contributed by atoms with E-state index in [1.165, 1.54) is 22.3 Å². The van der Waals surface area contributed by atoms with Gasteiger partial charge in [0.2, 0.25) is 5.91 Å². The molecule has 1 unspecified atom stereocenters. The lowest BCUT2D eigenvalue weighted by Gasteiger charge is -2.23. The molecule has 7 heteroatoms. The number of nitrogens with one attached hydrogen (secondary N) is 2. The molecular formula is C28H34N2O5. The number of carbonyl (C=O) groups excluding carboxylic acids is 2. The fraction of sp³-hybridized carbons (Fsp3) is 0.464. The zero-order valence-electron chi connectivity index (χ0n) is 20.2. The number of ether oxygens (including phenoxy) is 1. The molecule has 0 bridgehead atoms. The maximum atomic E-state index is 12.8. The molecule has 0 heterocycles. The highest BCUT2D eigenvalue weighted by atomic mass is 16.5. The number of hydrogen-bond acceptors (Lipinski definition) is 4. The average molecular weight is 479 g/mol. The summed E-state index contributed by atoms with van der Waals surface area (Å²) < 4.78 is 5.63. The Hall–Kier alpha value is -3.35. The second-order valence-electron chi connectivity index (χ2n) is 9.55. The number of carboxylic acid groups (broad SMARTS) is 1. The van der Waals surface area contributed by atoms with Gasteiger partial charge in [-0.1, -0.05) is 61.9 Å². The predicted molar refractivity (Wildman–Crippen MR) is 133 cm³/mol. The Kier molecular flexibility index (Phi) is 8.06. The first-order chi connectivity index (χ1) is 17.0. The van der Waals surface area contributed by atoms with Gasteiger partial charge < -0.3 is 20.5 Å². The van der Waals surface area contributed by atoms with Crippen molar-refractivity contribution in [2.75, 3.05) is 13.2 Å². The summed E-state index contributed by atoms with van der Waals surface area (Å²) in [5, 5.41) is 14.8. The largest absolute Gasteiger partial charge is 0.481 e. The van der Waals surface area contributed by atoms with Crippen LogP contribution in [0.2, 0.25) is 0 Å². The molecule has 3 atom stereocenters. The summed E-state index contributed by atoms with van der Waals surface area (Å²) in [4.78, 5) is 36.2. The van der Waals surface area contributed by atoms with E-state index in [2.05, 4.69) is 34.9 Å². The minimum Gasteiger partial charge on any atom is -0.481 e. The molecule has 186 valence electrons. The van der Waals surface area contributed by atoms with Crippen LogP contribution in [-0.2, 0) is 14.3 Å². The van der Waals surface area contributed by atoms with Crippen LogP contribution < -0.4 is 10.6 Å². The molecule has 2 aliphatic carbocycles. The molecule has 3 N–H and O–H groups in total. The van der Waals surface area contributed by atoms with Crippen LogP contribution in [0.25, 0.3) is 11.1 Å². The van der Waals surface area contributed by atoms with E-state index in [1.807, 2.05) is 31.2 Å². The van der Waals surface area contributed by atoms with Gasteiger partial charge in [-0.2, -0.15) is 0 Å². The lowest BCUT2D eigenvalue weighted by molar-refractivity contribution is -0.137. The van der Waals surface area contributed by atoms with Gasteiger partial charge in [0.05, 0.1) is 0 Å². The van der Waals surface area contributed by atoms with Crippen molar-refractivity contribution >= 4 is 18.0 Å². The van der Waals surface area contributed by atoms with Crippen molar-refractivity contribution in [3.63, 3.8) is 0 Å². The van der Waals surface area contributed by atoms with Crippen LogP contribution in [0.4, 0.5) is 4.79 Å². The summed E-state index contributed by atoms with van der Waals surface area (Å²) in [6, 6.07) is 16.3. The van der Waals surface area contributed by atoms with Crippen LogP contribution in [0.5, 0.6) is 0 Å². The predicted octanol–water partition coefficient (Wildman–Crippen LogP) is 4.70.